The Morgan fingerprint density at radius 1 is 1.40 bits per heavy atom. The number of hydrogen-bond acceptors (Lipinski definition) is 6. The zero-order valence-electron chi connectivity index (χ0n) is 12.3. The monoisotopic (exact) mass is 297 g/mol. The van der Waals surface area contributed by atoms with Crippen molar-refractivity contribution in [1.82, 2.24) is 4.90 Å². The van der Waals surface area contributed by atoms with Crippen LogP contribution in [-0.2, 0) is 0 Å². The molecular weight excluding hydrogens is 274 g/mol. The third-order valence-electron chi connectivity index (χ3n) is 3.54. The van der Waals surface area contributed by atoms with Crippen LogP contribution >= 0.6 is 11.8 Å². The van der Waals surface area contributed by atoms with E-state index < -0.39 is 0 Å². The van der Waals surface area contributed by atoms with Gasteiger partial charge in [-0.25, -0.2) is 0 Å². The Morgan fingerprint density at radius 3 is 2.70 bits per heavy atom. The van der Waals surface area contributed by atoms with Gasteiger partial charge in [0, 0.05) is 18.4 Å². The Kier molecular flexibility index (Phi) is 4.88. The molecule has 0 amide bonds. The molecule has 0 aliphatic carbocycles. The standard InChI is InChI=1S/C14H23N3O2S/c1-4-17(5-2)7-9-8-20-14-12(16)11(18-3)6-10(15)13(14)19-9/h6,9H,4-5,7-8,15-16H2,1-3H3. The maximum atomic E-state index is 6.09. The molecule has 6 heteroatoms. The fourth-order valence-electron chi connectivity index (χ4n) is 2.32. The Balaban J connectivity index is 2.20. The van der Waals surface area contributed by atoms with Crippen LogP contribution in [0.2, 0.25) is 0 Å². The van der Waals surface area contributed by atoms with Crippen LogP contribution in [0, 0.1) is 0 Å². The topological polar surface area (TPSA) is 73.7 Å². The van der Waals surface area contributed by atoms with Crippen molar-refractivity contribution in [1.29, 1.82) is 0 Å². The minimum Gasteiger partial charge on any atom is -0.494 e. The Hall–Kier alpha value is -1.27. The molecule has 0 fully saturated rings. The highest BCUT2D eigenvalue weighted by Gasteiger charge is 2.27. The number of hydrogen-bond donors (Lipinski definition) is 2. The van der Waals surface area contributed by atoms with E-state index in [1.165, 1.54) is 0 Å². The van der Waals surface area contributed by atoms with Crippen LogP contribution < -0.4 is 20.9 Å². The summed E-state index contributed by atoms with van der Waals surface area (Å²) in [6.45, 7) is 7.27. The van der Waals surface area contributed by atoms with Gasteiger partial charge in [0.1, 0.15) is 11.9 Å². The molecule has 1 aromatic carbocycles. The summed E-state index contributed by atoms with van der Waals surface area (Å²) in [6, 6.07) is 1.73. The number of nitrogens with zero attached hydrogens (tertiary/aromatic N) is 1. The van der Waals surface area contributed by atoms with E-state index in [9.17, 15) is 0 Å². The van der Waals surface area contributed by atoms with Gasteiger partial charge in [-0.2, -0.15) is 0 Å². The van der Waals surface area contributed by atoms with Crippen LogP contribution in [0.15, 0.2) is 11.0 Å². The van der Waals surface area contributed by atoms with E-state index in [4.69, 9.17) is 20.9 Å². The fraction of sp³-hybridized carbons (Fsp3) is 0.571. The zero-order valence-corrected chi connectivity index (χ0v) is 13.1. The highest BCUT2D eigenvalue weighted by molar-refractivity contribution is 7.99. The average molecular weight is 297 g/mol. The van der Waals surface area contributed by atoms with Crippen LogP contribution in [-0.4, -0.2) is 43.5 Å². The van der Waals surface area contributed by atoms with Gasteiger partial charge >= 0.3 is 0 Å². The Labute approximate surface area is 124 Å². The number of ether oxygens (including phenoxy) is 2. The average Bonchev–Trinajstić information content (AvgIpc) is 2.48. The quantitative estimate of drug-likeness (QED) is 0.810. The first-order valence-electron chi connectivity index (χ1n) is 6.88. The molecule has 0 saturated carbocycles. The van der Waals surface area contributed by atoms with Crippen molar-refractivity contribution in [2.24, 2.45) is 0 Å². The summed E-state index contributed by atoms with van der Waals surface area (Å²) in [5.41, 5.74) is 13.3. The summed E-state index contributed by atoms with van der Waals surface area (Å²) in [5.74, 6) is 2.19. The molecule has 1 unspecified atom stereocenters. The lowest BCUT2D eigenvalue weighted by atomic mass is 10.2. The molecule has 2 rings (SSSR count). The van der Waals surface area contributed by atoms with Gasteiger partial charge in [0.15, 0.2) is 5.75 Å². The predicted octanol–water partition coefficient (Wildman–Crippen LogP) is 2.05. The van der Waals surface area contributed by atoms with Crippen LogP contribution in [0.1, 0.15) is 13.8 Å². The van der Waals surface area contributed by atoms with E-state index in [2.05, 4.69) is 18.7 Å². The lowest BCUT2D eigenvalue weighted by molar-refractivity contribution is 0.151. The van der Waals surface area contributed by atoms with Gasteiger partial charge in [-0.3, -0.25) is 0 Å². The van der Waals surface area contributed by atoms with Gasteiger partial charge < -0.3 is 25.8 Å². The number of nitrogen functional groups attached to an aromatic ring is 2. The van der Waals surface area contributed by atoms with E-state index in [-0.39, 0.29) is 6.10 Å². The molecule has 0 aromatic heterocycles. The molecule has 5 nitrogen and oxygen atoms in total. The molecule has 0 bridgehead atoms. The number of likely N-dealkylation sites (N-methyl/N-ethyl adjacent to an activating group) is 1. The van der Waals surface area contributed by atoms with Gasteiger partial charge in [0.2, 0.25) is 0 Å². The lowest BCUT2D eigenvalue weighted by Gasteiger charge is -2.31. The second-order valence-electron chi connectivity index (χ2n) is 4.78. The molecule has 0 spiro atoms. The summed E-state index contributed by atoms with van der Waals surface area (Å²) in [5, 5.41) is 0. The maximum Gasteiger partial charge on any atom is 0.158 e. The summed E-state index contributed by atoms with van der Waals surface area (Å²) in [6.07, 6.45) is 0.141. The molecular formula is C14H23N3O2S. The van der Waals surface area contributed by atoms with Crippen molar-refractivity contribution in [3.63, 3.8) is 0 Å². The van der Waals surface area contributed by atoms with Crippen molar-refractivity contribution in [2.45, 2.75) is 24.8 Å². The smallest absolute Gasteiger partial charge is 0.158 e. The van der Waals surface area contributed by atoms with E-state index in [1.54, 1.807) is 24.9 Å². The Morgan fingerprint density at radius 2 is 2.10 bits per heavy atom. The third kappa shape index (κ3) is 2.91. The molecule has 1 aromatic rings. The molecule has 20 heavy (non-hydrogen) atoms. The van der Waals surface area contributed by atoms with E-state index in [0.717, 1.165) is 30.3 Å². The van der Waals surface area contributed by atoms with Crippen molar-refractivity contribution in [3.8, 4) is 11.5 Å². The van der Waals surface area contributed by atoms with Gasteiger partial charge in [-0.1, -0.05) is 13.8 Å². The molecule has 4 N–H and O–H groups in total. The predicted molar refractivity (Wildman–Crippen MR) is 84.7 cm³/mol. The molecule has 0 radical (unpaired) electrons. The largest absolute Gasteiger partial charge is 0.494 e. The van der Waals surface area contributed by atoms with E-state index in [1.807, 2.05) is 0 Å². The van der Waals surface area contributed by atoms with Crippen LogP contribution in [0.5, 0.6) is 11.5 Å². The first kappa shape index (κ1) is 15.1. The van der Waals surface area contributed by atoms with Gasteiger partial charge in [-0.15, -0.1) is 11.8 Å². The zero-order chi connectivity index (χ0) is 14.7. The maximum absolute atomic E-state index is 6.09. The van der Waals surface area contributed by atoms with Gasteiger partial charge in [0.05, 0.1) is 23.4 Å². The van der Waals surface area contributed by atoms with Crippen molar-refractivity contribution >= 4 is 23.1 Å². The number of anilines is 2. The van der Waals surface area contributed by atoms with Crippen LogP contribution in [0.3, 0.4) is 0 Å². The van der Waals surface area contributed by atoms with Crippen molar-refractivity contribution < 1.29 is 9.47 Å². The molecule has 0 saturated heterocycles. The first-order chi connectivity index (χ1) is 9.60. The molecule has 1 heterocycles. The highest BCUT2D eigenvalue weighted by atomic mass is 32.2. The van der Waals surface area contributed by atoms with Crippen molar-refractivity contribution in [2.75, 3.05) is 44.0 Å². The second kappa shape index (κ2) is 6.45. The van der Waals surface area contributed by atoms with Crippen LogP contribution in [0.25, 0.3) is 0 Å². The van der Waals surface area contributed by atoms with Crippen molar-refractivity contribution in [3.05, 3.63) is 6.07 Å². The van der Waals surface area contributed by atoms with Crippen LogP contribution in [0.4, 0.5) is 11.4 Å². The molecule has 1 atom stereocenters. The summed E-state index contributed by atoms with van der Waals surface area (Å²) in [4.78, 5) is 3.25. The minimum absolute atomic E-state index is 0.141. The fourth-order valence-corrected chi connectivity index (χ4v) is 3.40. The number of fused-ring (bicyclic) bond motifs is 1. The van der Waals surface area contributed by atoms with E-state index >= 15 is 0 Å². The van der Waals surface area contributed by atoms with Gasteiger partial charge in [-0.05, 0) is 13.1 Å². The number of rotatable bonds is 5. The summed E-state index contributed by atoms with van der Waals surface area (Å²) in [7, 11) is 1.59. The normalized spacial score (nSPS) is 17.7. The lowest BCUT2D eigenvalue weighted by Crippen LogP contribution is -2.38. The number of thioether (sulfide) groups is 1. The molecule has 112 valence electrons. The van der Waals surface area contributed by atoms with E-state index in [0.29, 0.717) is 22.9 Å². The van der Waals surface area contributed by atoms with Gasteiger partial charge in [0.25, 0.3) is 0 Å². The highest BCUT2D eigenvalue weighted by Crippen LogP contribution is 2.47. The SMILES string of the molecule is CCN(CC)CC1CSc2c(N)c(OC)cc(N)c2O1. The number of nitrogens with two attached hydrogens (primary N) is 2. The summed E-state index contributed by atoms with van der Waals surface area (Å²) < 4.78 is 11.3. The number of methoxy groups -OCH3 is 1. The molecule has 1 aliphatic heterocycles. The molecule has 1 aliphatic rings. The summed E-state index contributed by atoms with van der Waals surface area (Å²) >= 11 is 1.69. The first-order valence-corrected chi connectivity index (χ1v) is 7.86. The minimum atomic E-state index is 0.141. The number of benzene rings is 1. The third-order valence-corrected chi connectivity index (χ3v) is 4.77. The Bertz CT molecular complexity index is 478. The second-order valence-corrected chi connectivity index (χ2v) is 5.81.